The van der Waals surface area contributed by atoms with Crippen LogP contribution in [0.4, 0.5) is 0 Å². The Kier molecular flexibility index (Phi) is 11.8. The Hall–Kier alpha value is -2.20. The summed E-state index contributed by atoms with van der Waals surface area (Å²) in [5.74, 6) is -1.28. The molecule has 0 aromatic heterocycles. The molecule has 1 aromatic rings. The Balaban J connectivity index is 2.33. The summed E-state index contributed by atoms with van der Waals surface area (Å²) in [4.78, 5) is 46.0. The molecule has 0 saturated heterocycles. The number of thiol groups is 2. The van der Waals surface area contributed by atoms with Crippen molar-refractivity contribution in [3.8, 4) is 0 Å². The van der Waals surface area contributed by atoms with Gasteiger partial charge in [0.15, 0.2) is 0 Å². The van der Waals surface area contributed by atoms with Gasteiger partial charge in [-0.3, -0.25) is 9.59 Å². The summed E-state index contributed by atoms with van der Waals surface area (Å²) in [6, 6.07) is 5.66. The van der Waals surface area contributed by atoms with Crippen LogP contribution >= 0.6 is 25.3 Å². The van der Waals surface area contributed by atoms with Crippen molar-refractivity contribution in [3.63, 3.8) is 0 Å². The molecule has 0 atom stereocenters. The van der Waals surface area contributed by atoms with Gasteiger partial charge in [0.2, 0.25) is 0 Å². The average molecular weight is 431 g/mol. The number of hydrogen-bond donors (Lipinski definition) is 2. The Morgan fingerprint density at radius 1 is 0.607 bits per heavy atom. The molecule has 1 aromatic carbocycles. The van der Waals surface area contributed by atoms with Crippen molar-refractivity contribution in [2.45, 2.75) is 12.8 Å². The molecule has 154 valence electrons. The monoisotopic (exact) mass is 430 g/mol. The molecule has 0 radical (unpaired) electrons. The van der Waals surface area contributed by atoms with E-state index in [1.165, 1.54) is 24.3 Å². The summed E-state index contributed by atoms with van der Waals surface area (Å²) < 4.78 is 19.6. The Labute approximate surface area is 173 Å². The van der Waals surface area contributed by atoms with Crippen LogP contribution in [0.25, 0.3) is 0 Å². The van der Waals surface area contributed by atoms with Gasteiger partial charge in [0, 0.05) is 11.5 Å². The van der Waals surface area contributed by atoms with Crippen LogP contribution in [-0.4, -0.2) is 61.8 Å². The SMILES string of the molecule is O=C(CCS)OCCOC(=O)c1ccc(C(=O)OCCOC(=O)CCS)cc1. The second-order valence-electron chi connectivity index (χ2n) is 5.24. The molecule has 0 unspecified atom stereocenters. The van der Waals surface area contributed by atoms with E-state index in [9.17, 15) is 19.2 Å². The molecule has 8 nitrogen and oxygen atoms in total. The molecule has 1 rings (SSSR count). The lowest BCUT2D eigenvalue weighted by Gasteiger charge is -2.08. The molecule has 0 saturated carbocycles. The molecule has 0 aliphatic carbocycles. The number of rotatable bonds is 12. The fraction of sp³-hybridized carbons (Fsp3) is 0.444. The zero-order valence-corrected chi connectivity index (χ0v) is 16.9. The molecule has 0 N–H and O–H groups in total. The van der Waals surface area contributed by atoms with Crippen molar-refractivity contribution in [3.05, 3.63) is 35.4 Å². The maximum Gasteiger partial charge on any atom is 0.338 e. The van der Waals surface area contributed by atoms with Gasteiger partial charge in [-0.1, -0.05) is 0 Å². The normalized spacial score (nSPS) is 10.1. The molecule has 28 heavy (non-hydrogen) atoms. The highest BCUT2D eigenvalue weighted by molar-refractivity contribution is 7.80. The van der Waals surface area contributed by atoms with Gasteiger partial charge in [-0.05, 0) is 24.3 Å². The number of hydrogen-bond acceptors (Lipinski definition) is 10. The average Bonchev–Trinajstić information content (AvgIpc) is 2.69. The lowest BCUT2D eigenvalue weighted by atomic mass is 10.1. The van der Waals surface area contributed by atoms with E-state index in [1.54, 1.807) is 0 Å². The van der Waals surface area contributed by atoms with Crippen molar-refractivity contribution in [1.29, 1.82) is 0 Å². The first kappa shape index (κ1) is 23.8. The van der Waals surface area contributed by atoms with Crippen LogP contribution in [-0.2, 0) is 28.5 Å². The quantitative estimate of drug-likeness (QED) is 0.224. The highest BCUT2D eigenvalue weighted by Gasteiger charge is 2.12. The largest absolute Gasteiger partial charge is 0.462 e. The van der Waals surface area contributed by atoms with E-state index < -0.39 is 23.9 Å². The predicted octanol–water partition coefficient (Wildman–Crippen LogP) is 1.73. The fourth-order valence-electron chi connectivity index (χ4n) is 1.82. The summed E-state index contributed by atoms with van der Waals surface area (Å²) in [5.41, 5.74) is 0.470. The van der Waals surface area contributed by atoms with Crippen molar-refractivity contribution < 1.29 is 38.1 Å². The van der Waals surface area contributed by atoms with Crippen LogP contribution in [0, 0.1) is 0 Å². The summed E-state index contributed by atoms with van der Waals surface area (Å²) in [6.45, 7) is -0.234. The number of benzene rings is 1. The molecule has 0 aliphatic heterocycles. The molecule has 0 spiro atoms. The van der Waals surface area contributed by atoms with Gasteiger partial charge in [-0.25, -0.2) is 9.59 Å². The minimum absolute atomic E-state index is 0.0403. The Morgan fingerprint density at radius 3 is 1.25 bits per heavy atom. The molecule has 0 amide bonds. The summed E-state index contributed by atoms with van der Waals surface area (Å²) in [5, 5.41) is 0. The van der Waals surface area contributed by atoms with E-state index in [0.717, 1.165) is 0 Å². The Bertz CT molecular complexity index is 603. The van der Waals surface area contributed by atoms with Crippen LogP contribution in [0.2, 0.25) is 0 Å². The third kappa shape index (κ3) is 9.65. The van der Waals surface area contributed by atoms with Gasteiger partial charge in [-0.2, -0.15) is 25.3 Å². The van der Waals surface area contributed by atoms with Gasteiger partial charge in [0.05, 0.1) is 24.0 Å². The van der Waals surface area contributed by atoms with E-state index in [2.05, 4.69) is 25.3 Å². The number of esters is 4. The first-order chi connectivity index (χ1) is 13.5. The minimum atomic E-state index is -0.610. The smallest absolute Gasteiger partial charge is 0.338 e. The topological polar surface area (TPSA) is 105 Å². The van der Waals surface area contributed by atoms with E-state index in [1.807, 2.05) is 0 Å². The third-order valence-corrected chi connectivity index (χ3v) is 3.59. The summed E-state index contributed by atoms with van der Waals surface area (Å²) in [6.07, 6.45) is 0.374. The molecular formula is C18H22O8S2. The molecule has 10 heteroatoms. The number of carbonyl (C=O) groups is 4. The van der Waals surface area contributed by atoms with Crippen molar-refractivity contribution in [1.82, 2.24) is 0 Å². The molecule has 0 heterocycles. The third-order valence-electron chi connectivity index (χ3n) is 3.15. The standard InChI is InChI=1S/C18H22O8S2/c19-15(5-11-27)23-7-9-25-17(21)13-1-2-14(4-3-13)18(22)26-10-8-24-16(20)6-12-28/h1-4,27-28H,5-12H2. The van der Waals surface area contributed by atoms with E-state index in [0.29, 0.717) is 11.5 Å². The zero-order chi connectivity index (χ0) is 20.8. The fourth-order valence-corrected chi connectivity index (χ4v) is 2.18. The molecule has 0 fully saturated rings. The molecule has 0 aliphatic rings. The number of carbonyl (C=O) groups excluding carboxylic acids is 4. The minimum Gasteiger partial charge on any atom is -0.462 e. The summed E-state index contributed by atoms with van der Waals surface area (Å²) in [7, 11) is 0. The van der Waals surface area contributed by atoms with E-state index in [4.69, 9.17) is 18.9 Å². The molecular weight excluding hydrogens is 408 g/mol. The van der Waals surface area contributed by atoms with Crippen LogP contribution in [0.15, 0.2) is 24.3 Å². The maximum absolute atomic E-state index is 11.9. The lowest BCUT2D eigenvalue weighted by molar-refractivity contribution is -0.145. The van der Waals surface area contributed by atoms with Crippen molar-refractivity contribution in [2.75, 3.05) is 37.9 Å². The van der Waals surface area contributed by atoms with E-state index in [-0.39, 0.29) is 50.4 Å². The van der Waals surface area contributed by atoms with Gasteiger partial charge >= 0.3 is 23.9 Å². The van der Waals surface area contributed by atoms with Crippen LogP contribution in [0.5, 0.6) is 0 Å². The van der Waals surface area contributed by atoms with Crippen molar-refractivity contribution in [2.24, 2.45) is 0 Å². The van der Waals surface area contributed by atoms with Crippen LogP contribution < -0.4 is 0 Å². The van der Waals surface area contributed by atoms with Gasteiger partial charge in [0.1, 0.15) is 26.4 Å². The highest BCUT2D eigenvalue weighted by Crippen LogP contribution is 2.08. The summed E-state index contributed by atoms with van der Waals surface area (Å²) >= 11 is 7.81. The lowest BCUT2D eigenvalue weighted by Crippen LogP contribution is -2.15. The second kappa shape index (κ2) is 13.9. The Morgan fingerprint density at radius 2 is 0.929 bits per heavy atom. The van der Waals surface area contributed by atoms with Gasteiger partial charge in [0.25, 0.3) is 0 Å². The molecule has 0 bridgehead atoms. The predicted molar refractivity (Wildman–Crippen MR) is 106 cm³/mol. The first-order valence-electron chi connectivity index (χ1n) is 8.45. The van der Waals surface area contributed by atoms with Gasteiger partial charge < -0.3 is 18.9 Å². The highest BCUT2D eigenvalue weighted by atomic mass is 32.1. The van der Waals surface area contributed by atoms with E-state index >= 15 is 0 Å². The second-order valence-corrected chi connectivity index (χ2v) is 6.13. The first-order valence-corrected chi connectivity index (χ1v) is 9.71. The maximum atomic E-state index is 11.9. The van der Waals surface area contributed by atoms with Crippen molar-refractivity contribution >= 4 is 49.1 Å². The van der Waals surface area contributed by atoms with Gasteiger partial charge in [-0.15, -0.1) is 0 Å². The van der Waals surface area contributed by atoms with Crippen LogP contribution in [0.3, 0.4) is 0 Å². The number of ether oxygens (including phenoxy) is 4. The van der Waals surface area contributed by atoms with Crippen LogP contribution in [0.1, 0.15) is 33.6 Å². The zero-order valence-electron chi connectivity index (χ0n) is 15.1.